The van der Waals surface area contributed by atoms with Crippen LogP contribution in [0.1, 0.15) is 24.0 Å². The van der Waals surface area contributed by atoms with Gasteiger partial charge in [0.05, 0.1) is 0 Å². The van der Waals surface area contributed by atoms with E-state index in [0.717, 1.165) is 24.8 Å². The molecule has 0 N–H and O–H groups in total. The Balaban J connectivity index is 1.71. The fraction of sp³-hybridized carbons (Fsp3) is 0.643. The molecule has 1 aromatic heterocycles. The van der Waals surface area contributed by atoms with Gasteiger partial charge in [0.2, 0.25) is 5.88 Å². The monoisotopic (exact) mass is 230 g/mol. The lowest BCUT2D eigenvalue weighted by Crippen LogP contribution is -2.61. The first kappa shape index (κ1) is 9.89. The van der Waals surface area contributed by atoms with Gasteiger partial charge in [-0.1, -0.05) is 0 Å². The van der Waals surface area contributed by atoms with Crippen LogP contribution in [0.25, 0.3) is 0 Å². The highest BCUT2D eigenvalue weighted by molar-refractivity contribution is 5.36. The van der Waals surface area contributed by atoms with Gasteiger partial charge in [0, 0.05) is 30.6 Å². The van der Waals surface area contributed by atoms with Gasteiger partial charge in [0.15, 0.2) is 0 Å². The number of rotatable bonds is 0. The van der Waals surface area contributed by atoms with Crippen molar-refractivity contribution in [2.45, 2.75) is 31.8 Å². The number of aryl methyl sites for hydroxylation is 1. The van der Waals surface area contributed by atoms with Crippen LogP contribution in [0.5, 0.6) is 5.88 Å². The van der Waals surface area contributed by atoms with Crippen molar-refractivity contribution < 1.29 is 4.74 Å². The summed E-state index contributed by atoms with van der Waals surface area (Å²) in [5.41, 5.74) is 2.61. The minimum absolute atomic E-state index is 0.0552. The van der Waals surface area contributed by atoms with Crippen molar-refractivity contribution in [3.63, 3.8) is 0 Å². The van der Waals surface area contributed by atoms with E-state index in [9.17, 15) is 0 Å². The maximum Gasteiger partial charge on any atom is 0.217 e. The van der Waals surface area contributed by atoms with Crippen molar-refractivity contribution >= 4 is 0 Å². The third-order valence-electron chi connectivity index (χ3n) is 4.67. The highest BCUT2D eigenvalue weighted by Crippen LogP contribution is 2.45. The summed E-state index contributed by atoms with van der Waals surface area (Å²) in [5, 5.41) is 0. The lowest BCUT2D eigenvalue weighted by molar-refractivity contribution is -0.0814. The van der Waals surface area contributed by atoms with Crippen LogP contribution >= 0.6 is 0 Å². The van der Waals surface area contributed by atoms with Crippen LogP contribution in [-0.4, -0.2) is 35.1 Å². The van der Waals surface area contributed by atoms with E-state index in [2.05, 4.69) is 22.9 Å². The molecule has 5 heterocycles. The SMILES string of the molecule is Cc1cnc2c(c1)CC1(CN3CCC1CC3)O2. The molecule has 3 saturated heterocycles. The summed E-state index contributed by atoms with van der Waals surface area (Å²) in [4.78, 5) is 7.01. The Morgan fingerprint density at radius 1 is 1.41 bits per heavy atom. The Bertz CT molecular complexity index is 465. The van der Waals surface area contributed by atoms with Crippen molar-refractivity contribution in [3.8, 4) is 5.88 Å². The summed E-state index contributed by atoms with van der Waals surface area (Å²) >= 11 is 0. The highest BCUT2D eigenvalue weighted by Gasteiger charge is 2.52. The van der Waals surface area contributed by atoms with E-state index in [-0.39, 0.29) is 5.60 Å². The molecule has 1 atom stereocenters. The van der Waals surface area contributed by atoms with Crippen molar-refractivity contribution in [1.82, 2.24) is 9.88 Å². The number of ether oxygens (including phenoxy) is 1. The van der Waals surface area contributed by atoms with Gasteiger partial charge in [-0.05, 0) is 44.5 Å². The summed E-state index contributed by atoms with van der Waals surface area (Å²) in [6.45, 7) is 5.74. The maximum atomic E-state index is 6.27. The van der Waals surface area contributed by atoms with Crippen LogP contribution in [0.2, 0.25) is 0 Å². The molecular formula is C14H18N2O. The van der Waals surface area contributed by atoms with Gasteiger partial charge in [-0.2, -0.15) is 0 Å². The number of aromatic nitrogens is 1. The third kappa shape index (κ3) is 1.35. The van der Waals surface area contributed by atoms with E-state index >= 15 is 0 Å². The summed E-state index contributed by atoms with van der Waals surface area (Å²) in [7, 11) is 0. The standard InChI is InChI=1S/C14H18N2O/c1-10-6-11-7-14(17-13(11)15-8-10)9-16-4-2-12(14)3-5-16/h6,8,12H,2-5,7,9H2,1H3. The molecule has 3 nitrogen and oxygen atoms in total. The maximum absolute atomic E-state index is 6.27. The number of nitrogens with zero attached hydrogens (tertiary/aromatic N) is 2. The summed E-state index contributed by atoms with van der Waals surface area (Å²) in [6, 6.07) is 2.24. The molecule has 3 fully saturated rings. The fourth-order valence-corrected chi connectivity index (χ4v) is 3.83. The molecule has 4 aliphatic rings. The highest BCUT2D eigenvalue weighted by atomic mass is 16.5. The lowest BCUT2D eigenvalue weighted by atomic mass is 9.73. The molecule has 1 aromatic rings. The van der Waals surface area contributed by atoms with Crippen molar-refractivity contribution in [3.05, 3.63) is 23.4 Å². The largest absolute Gasteiger partial charge is 0.469 e. The fourth-order valence-electron chi connectivity index (χ4n) is 3.83. The van der Waals surface area contributed by atoms with Crippen LogP contribution in [0.3, 0.4) is 0 Å². The molecule has 2 bridgehead atoms. The van der Waals surface area contributed by atoms with Crippen LogP contribution in [-0.2, 0) is 6.42 Å². The molecule has 3 heteroatoms. The van der Waals surface area contributed by atoms with Crippen molar-refractivity contribution in [2.75, 3.05) is 19.6 Å². The Morgan fingerprint density at radius 2 is 2.24 bits per heavy atom. The molecule has 17 heavy (non-hydrogen) atoms. The predicted molar refractivity (Wildman–Crippen MR) is 65.2 cm³/mol. The quantitative estimate of drug-likeness (QED) is 0.679. The molecular weight excluding hydrogens is 212 g/mol. The first-order chi connectivity index (χ1) is 8.25. The second kappa shape index (κ2) is 3.22. The zero-order valence-electron chi connectivity index (χ0n) is 10.3. The van der Waals surface area contributed by atoms with Gasteiger partial charge in [0.1, 0.15) is 5.60 Å². The molecule has 0 amide bonds. The molecule has 0 saturated carbocycles. The predicted octanol–water partition coefficient (Wildman–Crippen LogP) is 1.79. The first-order valence-corrected chi connectivity index (χ1v) is 6.62. The van der Waals surface area contributed by atoms with E-state index in [1.807, 2.05) is 6.20 Å². The second-order valence-corrected chi connectivity index (χ2v) is 5.87. The second-order valence-electron chi connectivity index (χ2n) is 5.87. The molecule has 0 radical (unpaired) electrons. The van der Waals surface area contributed by atoms with E-state index in [1.165, 1.54) is 37.1 Å². The molecule has 5 rings (SSSR count). The molecule has 1 unspecified atom stereocenters. The number of pyridine rings is 1. The number of fused-ring (bicyclic) bond motifs is 3. The Morgan fingerprint density at radius 3 is 2.94 bits per heavy atom. The number of hydrogen-bond acceptors (Lipinski definition) is 3. The minimum Gasteiger partial charge on any atom is -0.469 e. The van der Waals surface area contributed by atoms with E-state index < -0.39 is 0 Å². The smallest absolute Gasteiger partial charge is 0.217 e. The normalized spacial score (nSPS) is 38.2. The molecule has 0 aliphatic carbocycles. The molecule has 1 spiro atoms. The van der Waals surface area contributed by atoms with Crippen LogP contribution in [0, 0.1) is 12.8 Å². The topological polar surface area (TPSA) is 25.4 Å². The third-order valence-corrected chi connectivity index (χ3v) is 4.67. The van der Waals surface area contributed by atoms with E-state index in [0.29, 0.717) is 0 Å². The average Bonchev–Trinajstić information content (AvgIpc) is 2.67. The number of hydrogen-bond donors (Lipinski definition) is 0. The Hall–Kier alpha value is -1.09. The van der Waals surface area contributed by atoms with Gasteiger partial charge in [-0.15, -0.1) is 0 Å². The first-order valence-electron chi connectivity index (χ1n) is 6.62. The van der Waals surface area contributed by atoms with Gasteiger partial charge in [-0.3, -0.25) is 4.90 Å². The van der Waals surface area contributed by atoms with Gasteiger partial charge in [-0.25, -0.2) is 4.98 Å². The van der Waals surface area contributed by atoms with E-state index in [4.69, 9.17) is 4.74 Å². The Kier molecular flexibility index (Phi) is 1.88. The van der Waals surface area contributed by atoms with Crippen LogP contribution in [0.15, 0.2) is 12.3 Å². The van der Waals surface area contributed by atoms with E-state index in [1.54, 1.807) is 0 Å². The molecule has 4 aliphatic heterocycles. The Labute approximate surface area is 102 Å². The number of piperidine rings is 3. The average molecular weight is 230 g/mol. The van der Waals surface area contributed by atoms with Crippen molar-refractivity contribution in [1.29, 1.82) is 0 Å². The zero-order valence-corrected chi connectivity index (χ0v) is 10.3. The van der Waals surface area contributed by atoms with Crippen LogP contribution < -0.4 is 4.74 Å². The van der Waals surface area contributed by atoms with Gasteiger partial charge in [0.25, 0.3) is 0 Å². The summed E-state index contributed by atoms with van der Waals surface area (Å²) in [5.74, 6) is 1.63. The van der Waals surface area contributed by atoms with Gasteiger partial charge < -0.3 is 4.74 Å². The zero-order chi connectivity index (χ0) is 11.5. The summed E-state index contributed by atoms with van der Waals surface area (Å²) in [6.07, 6.45) is 5.58. The molecule has 0 aromatic carbocycles. The molecule has 90 valence electrons. The van der Waals surface area contributed by atoms with Crippen LogP contribution in [0.4, 0.5) is 0 Å². The van der Waals surface area contributed by atoms with Gasteiger partial charge >= 0.3 is 0 Å². The lowest BCUT2D eigenvalue weighted by Gasteiger charge is -2.50. The van der Waals surface area contributed by atoms with Crippen molar-refractivity contribution in [2.24, 2.45) is 5.92 Å². The summed E-state index contributed by atoms with van der Waals surface area (Å²) < 4.78 is 6.27. The minimum atomic E-state index is 0.0552.